The fraction of sp³-hybridized carbons (Fsp3) is 0.417. The number of hydrogen-bond donors (Lipinski definition) is 1. The van der Waals surface area contributed by atoms with E-state index in [1.54, 1.807) is 12.1 Å². The Morgan fingerprint density at radius 3 is 3.05 bits per heavy atom. The van der Waals surface area contributed by atoms with Crippen LogP contribution in [0.4, 0.5) is 10.1 Å². The van der Waals surface area contributed by atoms with Crippen LogP contribution in [0, 0.1) is 5.82 Å². The number of tetrazole rings is 1. The van der Waals surface area contributed by atoms with E-state index in [1.165, 1.54) is 10.7 Å². The molecule has 1 aliphatic heterocycles. The highest BCUT2D eigenvalue weighted by Gasteiger charge is 2.20. The summed E-state index contributed by atoms with van der Waals surface area (Å²) in [4.78, 5) is 0. The first-order valence-electron chi connectivity index (χ1n) is 6.25. The number of nitrogen functional groups attached to an aromatic ring is 1. The molecule has 7 nitrogen and oxygen atoms in total. The highest BCUT2D eigenvalue weighted by molar-refractivity contribution is 5.59. The first kappa shape index (κ1) is 12.9. The van der Waals surface area contributed by atoms with Gasteiger partial charge in [-0.05, 0) is 28.6 Å². The maximum atomic E-state index is 13.9. The van der Waals surface area contributed by atoms with Gasteiger partial charge in [-0.2, -0.15) is 0 Å². The van der Waals surface area contributed by atoms with Crippen molar-refractivity contribution >= 4 is 5.69 Å². The number of aromatic nitrogens is 4. The van der Waals surface area contributed by atoms with E-state index in [0.29, 0.717) is 43.4 Å². The van der Waals surface area contributed by atoms with Gasteiger partial charge in [-0.1, -0.05) is 0 Å². The highest BCUT2D eigenvalue weighted by Crippen LogP contribution is 2.22. The monoisotopic (exact) mass is 279 g/mol. The third-order valence-electron chi connectivity index (χ3n) is 3.03. The van der Waals surface area contributed by atoms with Gasteiger partial charge in [-0.3, -0.25) is 0 Å². The predicted molar refractivity (Wildman–Crippen MR) is 68.2 cm³/mol. The first-order chi connectivity index (χ1) is 9.74. The minimum atomic E-state index is -0.457. The highest BCUT2D eigenvalue weighted by atomic mass is 19.1. The number of nitrogens with zero attached hydrogens (tertiary/aromatic N) is 4. The van der Waals surface area contributed by atoms with Gasteiger partial charge < -0.3 is 15.2 Å². The lowest BCUT2D eigenvalue weighted by Gasteiger charge is -2.22. The number of ether oxygens (including phenoxy) is 2. The van der Waals surface area contributed by atoms with Crippen LogP contribution in [0.1, 0.15) is 0 Å². The lowest BCUT2D eigenvalue weighted by molar-refractivity contribution is -0.0946. The zero-order chi connectivity index (χ0) is 13.9. The summed E-state index contributed by atoms with van der Waals surface area (Å²) in [6, 6.07) is 4.41. The van der Waals surface area contributed by atoms with Crippen molar-refractivity contribution in [2.45, 2.75) is 12.6 Å². The molecular weight excluding hydrogens is 265 g/mol. The van der Waals surface area contributed by atoms with Crippen molar-refractivity contribution < 1.29 is 13.9 Å². The second kappa shape index (κ2) is 5.51. The van der Waals surface area contributed by atoms with Gasteiger partial charge in [0.1, 0.15) is 11.9 Å². The molecule has 0 aliphatic carbocycles. The molecule has 0 radical (unpaired) electrons. The summed E-state index contributed by atoms with van der Waals surface area (Å²) < 4.78 is 26.3. The van der Waals surface area contributed by atoms with E-state index in [2.05, 4.69) is 15.5 Å². The number of rotatable bonds is 3. The molecule has 0 bridgehead atoms. The Balaban J connectivity index is 1.85. The Labute approximate surface area is 114 Å². The van der Waals surface area contributed by atoms with Crippen LogP contribution in [-0.2, 0) is 16.0 Å². The van der Waals surface area contributed by atoms with Crippen molar-refractivity contribution in [1.82, 2.24) is 20.2 Å². The molecular formula is C12H14FN5O2. The first-order valence-corrected chi connectivity index (χ1v) is 6.25. The van der Waals surface area contributed by atoms with Gasteiger partial charge in [-0.15, -0.1) is 5.10 Å². The van der Waals surface area contributed by atoms with Gasteiger partial charge in [0.05, 0.1) is 31.9 Å². The molecule has 2 aromatic rings. The summed E-state index contributed by atoms with van der Waals surface area (Å²) in [5.74, 6) is -0.112. The molecule has 106 valence electrons. The number of anilines is 1. The molecule has 1 aromatic heterocycles. The smallest absolute Gasteiger partial charge is 0.185 e. The average Bonchev–Trinajstić information content (AvgIpc) is 2.88. The van der Waals surface area contributed by atoms with Gasteiger partial charge in [-0.25, -0.2) is 9.07 Å². The molecule has 0 saturated carbocycles. The van der Waals surface area contributed by atoms with E-state index in [-0.39, 0.29) is 6.10 Å². The standard InChI is InChI=1S/C12H14FN5O2/c13-11-5-8(14)1-2-10(11)12-15-16-17-18(12)6-9-7-19-3-4-20-9/h1-2,5,9H,3-4,6-7,14H2. The van der Waals surface area contributed by atoms with Gasteiger partial charge in [0.2, 0.25) is 0 Å². The molecule has 0 spiro atoms. The minimum absolute atomic E-state index is 0.136. The van der Waals surface area contributed by atoms with Crippen molar-refractivity contribution in [3.05, 3.63) is 24.0 Å². The zero-order valence-corrected chi connectivity index (χ0v) is 10.7. The van der Waals surface area contributed by atoms with Crippen molar-refractivity contribution in [3.8, 4) is 11.4 Å². The van der Waals surface area contributed by atoms with E-state index in [9.17, 15) is 4.39 Å². The molecule has 1 fully saturated rings. The molecule has 2 N–H and O–H groups in total. The van der Waals surface area contributed by atoms with Gasteiger partial charge in [0.25, 0.3) is 0 Å². The molecule has 1 aliphatic rings. The number of hydrogen-bond acceptors (Lipinski definition) is 6. The molecule has 1 aromatic carbocycles. The van der Waals surface area contributed by atoms with Crippen LogP contribution in [0.5, 0.6) is 0 Å². The zero-order valence-electron chi connectivity index (χ0n) is 10.7. The van der Waals surface area contributed by atoms with Gasteiger partial charge in [0, 0.05) is 5.69 Å². The predicted octanol–water partition coefficient (Wildman–Crippen LogP) is 0.477. The normalized spacial score (nSPS) is 19.1. The summed E-state index contributed by atoms with van der Waals surface area (Å²) in [6.45, 7) is 2.01. The van der Waals surface area contributed by atoms with E-state index in [0.717, 1.165) is 0 Å². The molecule has 0 amide bonds. The molecule has 1 atom stereocenters. The Hall–Kier alpha value is -2.06. The van der Waals surface area contributed by atoms with Crippen LogP contribution < -0.4 is 5.73 Å². The maximum absolute atomic E-state index is 13.9. The summed E-state index contributed by atoms with van der Waals surface area (Å²) in [6.07, 6.45) is -0.136. The van der Waals surface area contributed by atoms with Crippen LogP contribution >= 0.6 is 0 Å². The van der Waals surface area contributed by atoms with Crippen molar-refractivity contribution in [2.24, 2.45) is 0 Å². The fourth-order valence-corrected chi connectivity index (χ4v) is 2.07. The summed E-state index contributed by atoms with van der Waals surface area (Å²) in [5.41, 5.74) is 6.20. The van der Waals surface area contributed by atoms with Crippen molar-refractivity contribution in [3.63, 3.8) is 0 Å². The summed E-state index contributed by atoms with van der Waals surface area (Å²) in [7, 11) is 0. The Morgan fingerprint density at radius 1 is 1.40 bits per heavy atom. The van der Waals surface area contributed by atoms with E-state index < -0.39 is 5.82 Å². The van der Waals surface area contributed by atoms with Crippen LogP contribution in [0.2, 0.25) is 0 Å². The number of halogens is 1. The third-order valence-corrected chi connectivity index (χ3v) is 3.03. The van der Waals surface area contributed by atoms with Crippen LogP contribution in [0.3, 0.4) is 0 Å². The van der Waals surface area contributed by atoms with Gasteiger partial charge >= 0.3 is 0 Å². The molecule has 1 saturated heterocycles. The second-order valence-electron chi connectivity index (χ2n) is 4.49. The Bertz CT molecular complexity index is 597. The molecule has 3 rings (SSSR count). The van der Waals surface area contributed by atoms with Crippen molar-refractivity contribution in [2.75, 3.05) is 25.6 Å². The summed E-state index contributed by atoms with van der Waals surface area (Å²) >= 11 is 0. The topological polar surface area (TPSA) is 88.1 Å². The van der Waals surface area contributed by atoms with Crippen LogP contribution in [-0.4, -0.2) is 46.1 Å². The molecule has 20 heavy (non-hydrogen) atoms. The van der Waals surface area contributed by atoms with Crippen LogP contribution in [0.15, 0.2) is 18.2 Å². The summed E-state index contributed by atoms with van der Waals surface area (Å²) in [5, 5.41) is 11.3. The van der Waals surface area contributed by atoms with Crippen molar-refractivity contribution in [1.29, 1.82) is 0 Å². The Kier molecular flexibility index (Phi) is 3.57. The molecule has 8 heteroatoms. The third kappa shape index (κ3) is 2.61. The molecule has 1 unspecified atom stereocenters. The van der Waals surface area contributed by atoms with Gasteiger partial charge in [0.15, 0.2) is 5.82 Å². The fourth-order valence-electron chi connectivity index (χ4n) is 2.07. The Morgan fingerprint density at radius 2 is 2.30 bits per heavy atom. The SMILES string of the molecule is Nc1ccc(-c2nnnn2CC2COCCO2)c(F)c1. The number of nitrogens with two attached hydrogens (primary N) is 1. The quantitative estimate of drug-likeness (QED) is 0.822. The maximum Gasteiger partial charge on any atom is 0.185 e. The van der Waals surface area contributed by atoms with Crippen LogP contribution in [0.25, 0.3) is 11.4 Å². The molecule has 2 heterocycles. The number of benzene rings is 1. The van der Waals surface area contributed by atoms with E-state index in [1.807, 2.05) is 0 Å². The lowest BCUT2D eigenvalue weighted by atomic mass is 10.2. The minimum Gasteiger partial charge on any atom is -0.399 e. The second-order valence-corrected chi connectivity index (χ2v) is 4.49. The van der Waals surface area contributed by atoms with E-state index in [4.69, 9.17) is 15.2 Å². The van der Waals surface area contributed by atoms with E-state index >= 15 is 0 Å². The lowest BCUT2D eigenvalue weighted by Crippen LogP contribution is -2.32. The average molecular weight is 279 g/mol. The largest absolute Gasteiger partial charge is 0.399 e.